The van der Waals surface area contributed by atoms with Gasteiger partial charge in [0.05, 0.1) is 5.02 Å². The molecule has 2 aromatic carbocycles. The van der Waals surface area contributed by atoms with Crippen molar-refractivity contribution in [3.8, 4) is 0 Å². The molecule has 0 bridgehead atoms. The zero-order chi connectivity index (χ0) is 14.5. The van der Waals surface area contributed by atoms with Crippen molar-refractivity contribution in [1.29, 1.82) is 0 Å². The van der Waals surface area contributed by atoms with Gasteiger partial charge in [0, 0.05) is 17.5 Å². The second kappa shape index (κ2) is 7.11. The summed E-state index contributed by atoms with van der Waals surface area (Å²) in [6.45, 7) is 2.77. The lowest BCUT2D eigenvalue weighted by Crippen LogP contribution is -2.18. The van der Waals surface area contributed by atoms with Crippen LogP contribution in [0.1, 0.15) is 24.1 Å². The molecule has 2 rings (SSSR count). The lowest BCUT2D eigenvalue weighted by Gasteiger charge is -2.15. The molecule has 1 unspecified atom stereocenters. The molecule has 106 valence electrons. The van der Waals surface area contributed by atoms with Crippen LogP contribution in [0.3, 0.4) is 0 Å². The van der Waals surface area contributed by atoms with Gasteiger partial charge in [-0.2, -0.15) is 0 Å². The van der Waals surface area contributed by atoms with E-state index in [1.54, 1.807) is 23.9 Å². The van der Waals surface area contributed by atoms with E-state index in [4.69, 9.17) is 11.6 Å². The van der Waals surface area contributed by atoms with E-state index in [0.29, 0.717) is 6.54 Å². The normalized spacial score (nSPS) is 12.4. The van der Waals surface area contributed by atoms with E-state index >= 15 is 0 Å². The smallest absolute Gasteiger partial charge is 0.141 e. The highest BCUT2D eigenvalue weighted by Crippen LogP contribution is 2.20. The van der Waals surface area contributed by atoms with Gasteiger partial charge in [0.25, 0.3) is 0 Å². The summed E-state index contributed by atoms with van der Waals surface area (Å²) in [5.74, 6) is -0.379. The van der Waals surface area contributed by atoms with Gasteiger partial charge in [-0.05, 0) is 48.6 Å². The Bertz CT molecular complexity index is 571. The fraction of sp³-hybridized carbons (Fsp3) is 0.250. The fourth-order valence-electron chi connectivity index (χ4n) is 1.93. The van der Waals surface area contributed by atoms with Crippen LogP contribution in [0, 0.1) is 5.82 Å². The molecular weight excluding hydrogens is 293 g/mol. The van der Waals surface area contributed by atoms with E-state index in [2.05, 4.69) is 42.8 Å². The topological polar surface area (TPSA) is 12.0 Å². The number of hydrogen-bond acceptors (Lipinski definition) is 2. The predicted molar refractivity (Wildman–Crippen MR) is 84.9 cm³/mol. The Labute approximate surface area is 128 Å². The number of benzene rings is 2. The Kier molecular flexibility index (Phi) is 5.46. The minimum absolute atomic E-state index is 0.168. The predicted octanol–water partition coefficient (Wildman–Crippen LogP) is 5.05. The molecule has 1 N–H and O–H groups in total. The van der Waals surface area contributed by atoms with E-state index in [-0.39, 0.29) is 16.9 Å². The maximum absolute atomic E-state index is 13.1. The molecule has 0 saturated heterocycles. The lowest BCUT2D eigenvalue weighted by atomic mass is 10.1. The maximum Gasteiger partial charge on any atom is 0.141 e. The molecule has 0 fully saturated rings. The van der Waals surface area contributed by atoms with Gasteiger partial charge >= 0.3 is 0 Å². The van der Waals surface area contributed by atoms with Gasteiger partial charge in [0.2, 0.25) is 0 Å². The molecule has 0 spiro atoms. The van der Waals surface area contributed by atoms with Gasteiger partial charge in [-0.3, -0.25) is 0 Å². The number of nitrogens with one attached hydrogen (secondary N) is 1. The summed E-state index contributed by atoms with van der Waals surface area (Å²) in [7, 11) is 0. The van der Waals surface area contributed by atoms with Crippen molar-refractivity contribution in [2.24, 2.45) is 0 Å². The lowest BCUT2D eigenvalue weighted by molar-refractivity contribution is 0.572. The molecule has 0 aliphatic carbocycles. The third kappa shape index (κ3) is 3.98. The highest BCUT2D eigenvalue weighted by molar-refractivity contribution is 7.98. The van der Waals surface area contributed by atoms with Crippen LogP contribution in [0.4, 0.5) is 4.39 Å². The van der Waals surface area contributed by atoms with Crippen molar-refractivity contribution < 1.29 is 4.39 Å². The highest BCUT2D eigenvalue weighted by atomic mass is 35.5. The molecule has 1 nitrogen and oxygen atoms in total. The molecule has 2 aromatic rings. The van der Waals surface area contributed by atoms with Gasteiger partial charge in [0.1, 0.15) is 5.82 Å². The fourth-order valence-corrected chi connectivity index (χ4v) is 2.54. The second-order valence-corrected chi connectivity index (χ2v) is 5.91. The Morgan fingerprint density at radius 2 is 1.90 bits per heavy atom. The third-order valence-corrected chi connectivity index (χ3v) is 4.25. The summed E-state index contributed by atoms with van der Waals surface area (Å²) in [4.78, 5) is 1.26. The zero-order valence-electron chi connectivity index (χ0n) is 11.5. The minimum Gasteiger partial charge on any atom is -0.306 e. The molecule has 20 heavy (non-hydrogen) atoms. The summed E-state index contributed by atoms with van der Waals surface area (Å²) in [5, 5.41) is 3.58. The van der Waals surface area contributed by atoms with Crippen LogP contribution in [-0.4, -0.2) is 6.26 Å². The van der Waals surface area contributed by atoms with Crippen LogP contribution >= 0.6 is 23.4 Å². The van der Waals surface area contributed by atoms with Crippen LogP contribution in [0.15, 0.2) is 47.4 Å². The molecule has 0 amide bonds. The average molecular weight is 310 g/mol. The molecule has 0 heterocycles. The SMILES string of the molecule is CSc1ccc(C(C)NCc2ccc(F)c(Cl)c2)cc1. The van der Waals surface area contributed by atoms with E-state index in [9.17, 15) is 4.39 Å². The summed E-state index contributed by atoms with van der Waals surface area (Å²) in [5.41, 5.74) is 2.21. The number of halogens is 2. The molecule has 4 heteroatoms. The Balaban J connectivity index is 1.96. The first-order chi connectivity index (χ1) is 9.60. The first kappa shape index (κ1) is 15.4. The summed E-state index contributed by atoms with van der Waals surface area (Å²) in [6, 6.07) is 13.5. The molecule has 0 aliphatic heterocycles. The van der Waals surface area contributed by atoms with Gasteiger partial charge < -0.3 is 5.32 Å². The van der Waals surface area contributed by atoms with E-state index in [0.717, 1.165) is 5.56 Å². The number of thioether (sulfide) groups is 1. The standard InChI is InChI=1S/C16H17ClFNS/c1-11(13-4-6-14(20-2)7-5-13)19-10-12-3-8-16(18)15(17)9-12/h3-9,11,19H,10H2,1-2H3. The molecule has 1 atom stereocenters. The van der Waals surface area contributed by atoms with Crippen LogP contribution in [0.25, 0.3) is 0 Å². The second-order valence-electron chi connectivity index (χ2n) is 4.62. The van der Waals surface area contributed by atoms with Gasteiger partial charge in [-0.1, -0.05) is 29.8 Å². The van der Waals surface area contributed by atoms with Crippen molar-refractivity contribution >= 4 is 23.4 Å². The molecule has 0 aliphatic rings. The van der Waals surface area contributed by atoms with Crippen molar-refractivity contribution in [3.05, 3.63) is 64.4 Å². The minimum atomic E-state index is -0.379. The quantitative estimate of drug-likeness (QED) is 0.775. The first-order valence-corrected chi connectivity index (χ1v) is 8.01. The van der Waals surface area contributed by atoms with Gasteiger partial charge in [0.15, 0.2) is 0 Å². The molecule has 0 aromatic heterocycles. The third-order valence-electron chi connectivity index (χ3n) is 3.21. The number of rotatable bonds is 5. The van der Waals surface area contributed by atoms with Crippen molar-refractivity contribution in [2.75, 3.05) is 6.26 Å². The molecular formula is C16H17ClFNS. The summed E-state index contributed by atoms with van der Waals surface area (Å²) < 4.78 is 13.1. The van der Waals surface area contributed by atoms with Gasteiger partial charge in [-0.15, -0.1) is 11.8 Å². The zero-order valence-corrected chi connectivity index (χ0v) is 13.1. The van der Waals surface area contributed by atoms with Crippen molar-refractivity contribution in [3.63, 3.8) is 0 Å². The Morgan fingerprint density at radius 1 is 1.20 bits per heavy atom. The van der Waals surface area contributed by atoms with Crippen LogP contribution in [0.2, 0.25) is 5.02 Å². The summed E-state index contributed by atoms with van der Waals surface area (Å²) >= 11 is 7.51. The highest BCUT2D eigenvalue weighted by Gasteiger charge is 2.06. The Morgan fingerprint density at radius 3 is 2.50 bits per heavy atom. The molecule has 0 saturated carbocycles. The maximum atomic E-state index is 13.1. The average Bonchev–Trinajstić information content (AvgIpc) is 2.48. The van der Waals surface area contributed by atoms with Gasteiger partial charge in [-0.25, -0.2) is 4.39 Å². The van der Waals surface area contributed by atoms with Crippen LogP contribution in [-0.2, 0) is 6.54 Å². The van der Waals surface area contributed by atoms with Crippen molar-refractivity contribution in [2.45, 2.75) is 24.4 Å². The summed E-state index contributed by atoms with van der Waals surface area (Å²) in [6.07, 6.45) is 2.06. The van der Waals surface area contributed by atoms with E-state index in [1.165, 1.54) is 16.5 Å². The first-order valence-electron chi connectivity index (χ1n) is 6.41. The number of hydrogen-bond donors (Lipinski definition) is 1. The molecule has 0 radical (unpaired) electrons. The van der Waals surface area contributed by atoms with E-state index < -0.39 is 0 Å². The van der Waals surface area contributed by atoms with Crippen molar-refractivity contribution in [1.82, 2.24) is 5.32 Å². The monoisotopic (exact) mass is 309 g/mol. The Hall–Kier alpha value is -1.03. The van der Waals surface area contributed by atoms with Crippen LogP contribution in [0.5, 0.6) is 0 Å². The van der Waals surface area contributed by atoms with E-state index in [1.807, 2.05) is 0 Å². The van der Waals surface area contributed by atoms with Crippen LogP contribution < -0.4 is 5.32 Å². The largest absolute Gasteiger partial charge is 0.306 e.